The van der Waals surface area contributed by atoms with E-state index in [0.717, 1.165) is 25.7 Å². The Kier molecular flexibility index (Phi) is 5.22. The number of nitrogens with two attached hydrogens (primary N) is 1. The molecule has 0 aromatic heterocycles. The number of nitrogens with one attached hydrogen (secondary N) is 1. The summed E-state index contributed by atoms with van der Waals surface area (Å²) in [6.45, 7) is 3.79. The molecule has 120 valence electrons. The Morgan fingerprint density at radius 3 is 2.62 bits per heavy atom. The van der Waals surface area contributed by atoms with Crippen molar-refractivity contribution in [3.05, 3.63) is 0 Å². The number of carbonyl (C=O) groups is 2. The van der Waals surface area contributed by atoms with Crippen LogP contribution in [-0.4, -0.2) is 56.1 Å². The van der Waals surface area contributed by atoms with E-state index < -0.39 is 11.5 Å². The first-order valence-electron chi connectivity index (χ1n) is 7.84. The van der Waals surface area contributed by atoms with Crippen LogP contribution in [0.2, 0.25) is 0 Å². The highest BCUT2D eigenvalue weighted by Crippen LogP contribution is 2.40. The summed E-state index contributed by atoms with van der Waals surface area (Å²) in [6.07, 6.45) is 3.69. The predicted molar refractivity (Wildman–Crippen MR) is 79.5 cm³/mol. The molecule has 21 heavy (non-hydrogen) atoms. The molecule has 2 rings (SSSR count). The molecule has 1 heterocycles. The molecule has 0 aromatic rings. The molecular formula is C15H27N3O3. The highest BCUT2D eigenvalue weighted by molar-refractivity contribution is 5.90. The standard InChI is InChI=1S/C15H27N3O3/c1-11-3-5-15(10-16,6-4-11)14(20)18-7-8-21-9-12(18)13(19)17-2/h11-12H,3-10,16H2,1-2H3,(H,17,19). The van der Waals surface area contributed by atoms with Crippen molar-refractivity contribution in [2.45, 2.75) is 38.6 Å². The number of nitrogens with zero attached hydrogens (tertiary/aromatic N) is 1. The van der Waals surface area contributed by atoms with E-state index in [4.69, 9.17) is 10.5 Å². The lowest BCUT2D eigenvalue weighted by Crippen LogP contribution is -2.60. The number of likely N-dealkylation sites (N-methyl/N-ethyl adjacent to an activating group) is 1. The Morgan fingerprint density at radius 2 is 2.05 bits per heavy atom. The van der Waals surface area contributed by atoms with Gasteiger partial charge in [-0.05, 0) is 31.6 Å². The lowest BCUT2D eigenvalue weighted by Gasteiger charge is -2.44. The highest BCUT2D eigenvalue weighted by Gasteiger charge is 2.45. The summed E-state index contributed by atoms with van der Waals surface area (Å²) in [4.78, 5) is 26.7. The number of ether oxygens (including phenoxy) is 1. The molecule has 6 nitrogen and oxygen atoms in total. The van der Waals surface area contributed by atoms with Gasteiger partial charge in [0.25, 0.3) is 0 Å². The summed E-state index contributed by atoms with van der Waals surface area (Å²) >= 11 is 0. The molecule has 1 saturated heterocycles. The fourth-order valence-electron chi connectivity index (χ4n) is 3.36. The van der Waals surface area contributed by atoms with Crippen molar-refractivity contribution in [3.8, 4) is 0 Å². The lowest BCUT2D eigenvalue weighted by atomic mass is 9.69. The van der Waals surface area contributed by atoms with Crippen LogP contribution >= 0.6 is 0 Å². The van der Waals surface area contributed by atoms with Gasteiger partial charge in [0.2, 0.25) is 11.8 Å². The fourth-order valence-corrected chi connectivity index (χ4v) is 3.36. The zero-order valence-corrected chi connectivity index (χ0v) is 13.1. The van der Waals surface area contributed by atoms with Crippen molar-refractivity contribution in [2.24, 2.45) is 17.1 Å². The van der Waals surface area contributed by atoms with Crippen LogP contribution < -0.4 is 11.1 Å². The van der Waals surface area contributed by atoms with Crippen molar-refractivity contribution < 1.29 is 14.3 Å². The first-order valence-corrected chi connectivity index (χ1v) is 7.84. The van der Waals surface area contributed by atoms with Gasteiger partial charge in [0.1, 0.15) is 6.04 Å². The molecule has 0 spiro atoms. The number of hydrogen-bond acceptors (Lipinski definition) is 4. The molecule has 1 saturated carbocycles. The average Bonchev–Trinajstić information content (AvgIpc) is 2.54. The summed E-state index contributed by atoms with van der Waals surface area (Å²) in [5.41, 5.74) is 5.48. The molecule has 2 fully saturated rings. The molecule has 0 bridgehead atoms. The van der Waals surface area contributed by atoms with E-state index in [1.807, 2.05) is 0 Å². The van der Waals surface area contributed by atoms with Gasteiger partial charge in [-0.2, -0.15) is 0 Å². The second kappa shape index (κ2) is 6.75. The van der Waals surface area contributed by atoms with Gasteiger partial charge in [-0.3, -0.25) is 9.59 Å². The zero-order chi connectivity index (χ0) is 15.5. The van der Waals surface area contributed by atoms with Crippen molar-refractivity contribution in [3.63, 3.8) is 0 Å². The first kappa shape index (κ1) is 16.2. The number of carbonyl (C=O) groups excluding carboxylic acids is 2. The molecule has 0 aromatic carbocycles. The topological polar surface area (TPSA) is 84.7 Å². The minimum absolute atomic E-state index is 0.0359. The number of rotatable bonds is 3. The first-order chi connectivity index (χ1) is 10.0. The van der Waals surface area contributed by atoms with Gasteiger partial charge in [0.15, 0.2) is 0 Å². The summed E-state index contributed by atoms with van der Waals surface area (Å²) in [7, 11) is 1.58. The maximum atomic E-state index is 13.1. The van der Waals surface area contributed by atoms with Gasteiger partial charge in [-0.15, -0.1) is 0 Å². The van der Waals surface area contributed by atoms with Crippen LogP contribution in [0.4, 0.5) is 0 Å². The normalized spacial score (nSPS) is 33.6. The van der Waals surface area contributed by atoms with Crippen molar-refractivity contribution >= 4 is 11.8 Å². The van der Waals surface area contributed by atoms with Gasteiger partial charge in [0.05, 0.1) is 18.6 Å². The SMILES string of the molecule is CNC(=O)C1COCCN1C(=O)C1(CN)CCC(C)CC1. The largest absolute Gasteiger partial charge is 0.377 e. The third kappa shape index (κ3) is 3.21. The minimum Gasteiger partial charge on any atom is -0.377 e. The molecule has 1 unspecified atom stereocenters. The second-order valence-corrected chi connectivity index (χ2v) is 6.37. The maximum absolute atomic E-state index is 13.1. The van der Waals surface area contributed by atoms with E-state index in [2.05, 4.69) is 12.2 Å². The molecule has 2 aliphatic rings. The molecule has 0 radical (unpaired) electrons. The van der Waals surface area contributed by atoms with Gasteiger partial charge in [-0.25, -0.2) is 0 Å². The Labute approximate surface area is 126 Å². The van der Waals surface area contributed by atoms with Crippen LogP contribution in [0.5, 0.6) is 0 Å². The quantitative estimate of drug-likeness (QED) is 0.774. The van der Waals surface area contributed by atoms with E-state index in [9.17, 15) is 9.59 Å². The molecular weight excluding hydrogens is 270 g/mol. The predicted octanol–water partition coefficient (Wildman–Crippen LogP) is 0.115. The van der Waals surface area contributed by atoms with E-state index in [1.54, 1.807) is 11.9 Å². The molecule has 1 atom stereocenters. The summed E-state index contributed by atoms with van der Waals surface area (Å²) in [5, 5.41) is 2.62. The third-order valence-corrected chi connectivity index (χ3v) is 5.01. The molecule has 1 aliphatic heterocycles. The average molecular weight is 297 g/mol. The molecule has 1 aliphatic carbocycles. The lowest BCUT2D eigenvalue weighted by molar-refractivity contribution is -0.158. The van der Waals surface area contributed by atoms with E-state index in [0.29, 0.717) is 25.6 Å². The van der Waals surface area contributed by atoms with Crippen LogP contribution in [0, 0.1) is 11.3 Å². The van der Waals surface area contributed by atoms with Crippen LogP contribution in [0.25, 0.3) is 0 Å². The monoisotopic (exact) mass is 297 g/mol. The second-order valence-electron chi connectivity index (χ2n) is 6.37. The van der Waals surface area contributed by atoms with Crippen LogP contribution in [-0.2, 0) is 14.3 Å². The number of morpholine rings is 1. The highest BCUT2D eigenvalue weighted by atomic mass is 16.5. The van der Waals surface area contributed by atoms with Crippen molar-refractivity contribution in [1.82, 2.24) is 10.2 Å². The van der Waals surface area contributed by atoms with E-state index in [-0.39, 0.29) is 18.4 Å². The summed E-state index contributed by atoms with van der Waals surface area (Å²) in [6, 6.07) is -0.529. The minimum atomic E-state index is -0.529. The molecule has 6 heteroatoms. The summed E-state index contributed by atoms with van der Waals surface area (Å²) < 4.78 is 5.37. The van der Waals surface area contributed by atoms with Crippen molar-refractivity contribution in [2.75, 3.05) is 33.4 Å². The number of hydrogen-bond donors (Lipinski definition) is 2. The number of amides is 2. The van der Waals surface area contributed by atoms with Gasteiger partial charge in [0, 0.05) is 20.1 Å². The van der Waals surface area contributed by atoms with Gasteiger partial charge >= 0.3 is 0 Å². The summed E-state index contributed by atoms with van der Waals surface area (Å²) in [5.74, 6) is 0.519. The Balaban J connectivity index is 2.17. The zero-order valence-electron chi connectivity index (χ0n) is 13.1. The van der Waals surface area contributed by atoms with Crippen LogP contribution in [0.1, 0.15) is 32.6 Å². The maximum Gasteiger partial charge on any atom is 0.244 e. The fraction of sp³-hybridized carbons (Fsp3) is 0.867. The van der Waals surface area contributed by atoms with Gasteiger partial charge in [-0.1, -0.05) is 6.92 Å². The van der Waals surface area contributed by atoms with Crippen molar-refractivity contribution in [1.29, 1.82) is 0 Å². The third-order valence-electron chi connectivity index (χ3n) is 5.01. The Bertz CT molecular complexity index is 392. The molecule has 3 N–H and O–H groups in total. The van der Waals surface area contributed by atoms with Crippen LogP contribution in [0.3, 0.4) is 0 Å². The Hall–Kier alpha value is -1.14. The van der Waals surface area contributed by atoms with E-state index >= 15 is 0 Å². The van der Waals surface area contributed by atoms with Crippen LogP contribution in [0.15, 0.2) is 0 Å². The van der Waals surface area contributed by atoms with Gasteiger partial charge < -0.3 is 20.7 Å². The smallest absolute Gasteiger partial charge is 0.244 e. The Morgan fingerprint density at radius 1 is 1.38 bits per heavy atom. The molecule has 2 amide bonds. The van der Waals surface area contributed by atoms with E-state index in [1.165, 1.54) is 0 Å².